The molecule has 1 N–H and O–H groups in total. The van der Waals surface area contributed by atoms with Crippen molar-refractivity contribution in [1.29, 1.82) is 0 Å². The lowest BCUT2D eigenvalue weighted by atomic mass is 10.2. The predicted molar refractivity (Wildman–Crippen MR) is 101 cm³/mol. The Hall–Kier alpha value is -2.86. The first kappa shape index (κ1) is 17.9. The van der Waals surface area contributed by atoms with E-state index in [0.29, 0.717) is 34.2 Å². The number of halogens is 1. The zero-order valence-corrected chi connectivity index (χ0v) is 15.2. The highest BCUT2D eigenvalue weighted by atomic mass is 32.1. The molecule has 0 aliphatic carbocycles. The van der Waals surface area contributed by atoms with Gasteiger partial charge in [0.05, 0.1) is 12.0 Å². The van der Waals surface area contributed by atoms with Crippen molar-refractivity contribution < 1.29 is 18.7 Å². The van der Waals surface area contributed by atoms with E-state index in [1.807, 2.05) is 29.6 Å². The van der Waals surface area contributed by atoms with E-state index in [2.05, 4.69) is 5.32 Å². The van der Waals surface area contributed by atoms with Gasteiger partial charge in [-0.25, -0.2) is 4.39 Å². The zero-order chi connectivity index (χ0) is 18.5. The average Bonchev–Trinajstić information content (AvgIpc) is 3.11. The zero-order valence-electron chi connectivity index (χ0n) is 14.4. The third kappa shape index (κ3) is 4.21. The average molecular weight is 371 g/mol. The van der Waals surface area contributed by atoms with Crippen LogP contribution in [-0.2, 0) is 6.61 Å². The van der Waals surface area contributed by atoms with Crippen molar-refractivity contribution in [3.05, 3.63) is 75.7 Å². The second-order valence-electron chi connectivity index (χ2n) is 5.67. The minimum Gasteiger partial charge on any atom is -0.493 e. The molecule has 0 saturated carbocycles. The molecule has 4 nitrogen and oxygen atoms in total. The van der Waals surface area contributed by atoms with Crippen molar-refractivity contribution in [3.8, 4) is 11.5 Å². The van der Waals surface area contributed by atoms with Crippen LogP contribution in [0.3, 0.4) is 0 Å². The summed E-state index contributed by atoms with van der Waals surface area (Å²) in [4.78, 5) is 12.9. The van der Waals surface area contributed by atoms with Crippen molar-refractivity contribution in [3.63, 3.8) is 0 Å². The Kier molecular flexibility index (Phi) is 5.53. The van der Waals surface area contributed by atoms with Crippen molar-refractivity contribution in [2.24, 2.45) is 0 Å². The van der Waals surface area contributed by atoms with Gasteiger partial charge in [-0.05, 0) is 54.3 Å². The van der Waals surface area contributed by atoms with E-state index in [-0.39, 0.29) is 11.7 Å². The van der Waals surface area contributed by atoms with Crippen LogP contribution in [-0.4, -0.2) is 13.0 Å². The third-order valence-electron chi connectivity index (χ3n) is 3.78. The van der Waals surface area contributed by atoms with Crippen LogP contribution in [0.2, 0.25) is 0 Å². The quantitative estimate of drug-likeness (QED) is 0.661. The monoisotopic (exact) mass is 371 g/mol. The van der Waals surface area contributed by atoms with E-state index in [9.17, 15) is 9.18 Å². The number of rotatable bonds is 6. The standard InChI is InChI=1S/C20H18FNO3S/c1-13-9-15(21)7-8-16(13)22-20(23)19-10-14(12-26-19)11-25-18-6-4-3-5-17(18)24-2/h3-10,12H,11H2,1-2H3,(H,22,23). The molecule has 0 bridgehead atoms. The van der Waals surface area contributed by atoms with Crippen molar-refractivity contribution in [2.75, 3.05) is 12.4 Å². The molecule has 0 fully saturated rings. The van der Waals surface area contributed by atoms with Crippen LogP contribution in [0.5, 0.6) is 11.5 Å². The van der Waals surface area contributed by atoms with Crippen LogP contribution in [0.4, 0.5) is 10.1 Å². The third-order valence-corrected chi connectivity index (χ3v) is 4.76. The summed E-state index contributed by atoms with van der Waals surface area (Å²) in [6, 6.07) is 13.4. The second-order valence-corrected chi connectivity index (χ2v) is 6.58. The summed E-state index contributed by atoms with van der Waals surface area (Å²) in [5, 5.41) is 4.68. The van der Waals surface area contributed by atoms with Crippen LogP contribution in [0, 0.1) is 12.7 Å². The fraction of sp³-hybridized carbons (Fsp3) is 0.150. The largest absolute Gasteiger partial charge is 0.493 e. The van der Waals surface area contributed by atoms with E-state index in [1.54, 1.807) is 26.2 Å². The van der Waals surface area contributed by atoms with E-state index in [0.717, 1.165) is 5.56 Å². The molecule has 0 radical (unpaired) electrons. The molecule has 0 spiro atoms. The molecule has 0 aliphatic rings. The first-order valence-corrected chi connectivity index (χ1v) is 8.85. The van der Waals surface area contributed by atoms with Crippen LogP contribution in [0.25, 0.3) is 0 Å². The van der Waals surface area contributed by atoms with Gasteiger partial charge in [-0.15, -0.1) is 11.3 Å². The molecule has 0 atom stereocenters. The van der Waals surface area contributed by atoms with Crippen molar-refractivity contribution in [2.45, 2.75) is 13.5 Å². The van der Waals surface area contributed by atoms with Gasteiger partial charge in [0.15, 0.2) is 11.5 Å². The van der Waals surface area contributed by atoms with Gasteiger partial charge in [0.25, 0.3) is 5.91 Å². The van der Waals surface area contributed by atoms with Gasteiger partial charge in [0.1, 0.15) is 12.4 Å². The number of thiophene rings is 1. The minimum atomic E-state index is -0.326. The summed E-state index contributed by atoms with van der Waals surface area (Å²) in [6.07, 6.45) is 0. The fourth-order valence-corrected chi connectivity index (χ4v) is 3.21. The highest BCUT2D eigenvalue weighted by Gasteiger charge is 2.12. The minimum absolute atomic E-state index is 0.228. The van der Waals surface area contributed by atoms with Gasteiger partial charge in [0, 0.05) is 11.3 Å². The topological polar surface area (TPSA) is 47.6 Å². The maximum Gasteiger partial charge on any atom is 0.265 e. The highest BCUT2D eigenvalue weighted by Crippen LogP contribution is 2.27. The SMILES string of the molecule is COc1ccccc1OCc1csc(C(=O)Nc2ccc(F)cc2C)c1. The number of para-hydroxylation sites is 2. The molecule has 0 saturated heterocycles. The lowest BCUT2D eigenvalue weighted by Gasteiger charge is -2.09. The summed E-state index contributed by atoms with van der Waals surface area (Å²) < 4.78 is 24.2. The van der Waals surface area contributed by atoms with Gasteiger partial charge in [-0.1, -0.05) is 12.1 Å². The van der Waals surface area contributed by atoms with E-state index >= 15 is 0 Å². The van der Waals surface area contributed by atoms with Gasteiger partial charge in [-0.2, -0.15) is 0 Å². The Labute approximate surface area is 155 Å². The lowest BCUT2D eigenvalue weighted by Crippen LogP contribution is -2.11. The number of nitrogens with one attached hydrogen (secondary N) is 1. The maximum atomic E-state index is 13.2. The Morgan fingerprint density at radius 2 is 1.92 bits per heavy atom. The molecule has 3 rings (SSSR count). The van der Waals surface area contributed by atoms with E-state index < -0.39 is 0 Å². The molecule has 0 aliphatic heterocycles. The number of carbonyl (C=O) groups is 1. The van der Waals surface area contributed by atoms with Crippen molar-refractivity contribution >= 4 is 22.9 Å². The van der Waals surface area contributed by atoms with Crippen LogP contribution in [0.1, 0.15) is 20.8 Å². The molecule has 134 valence electrons. The van der Waals surface area contributed by atoms with Gasteiger partial charge < -0.3 is 14.8 Å². The molecular weight excluding hydrogens is 353 g/mol. The maximum absolute atomic E-state index is 13.2. The Morgan fingerprint density at radius 3 is 2.65 bits per heavy atom. The number of benzene rings is 2. The van der Waals surface area contributed by atoms with Crippen LogP contribution < -0.4 is 14.8 Å². The molecule has 3 aromatic rings. The number of carbonyl (C=O) groups excluding carboxylic acids is 1. The van der Waals surface area contributed by atoms with Gasteiger partial charge in [0.2, 0.25) is 0 Å². The van der Waals surface area contributed by atoms with Crippen molar-refractivity contribution in [1.82, 2.24) is 0 Å². The normalized spacial score (nSPS) is 10.4. The smallest absolute Gasteiger partial charge is 0.265 e. The Balaban J connectivity index is 1.64. The number of aryl methyl sites for hydroxylation is 1. The predicted octanol–water partition coefficient (Wildman–Crippen LogP) is 5.04. The molecule has 1 heterocycles. The first-order valence-electron chi connectivity index (χ1n) is 7.97. The van der Waals surface area contributed by atoms with Gasteiger partial charge >= 0.3 is 0 Å². The molecule has 1 amide bonds. The summed E-state index contributed by atoms with van der Waals surface area (Å²) in [6.45, 7) is 2.08. The number of hydrogen-bond acceptors (Lipinski definition) is 4. The van der Waals surface area contributed by atoms with E-state index in [4.69, 9.17) is 9.47 Å². The number of ether oxygens (including phenoxy) is 2. The number of anilines is 1. The van der Waals surface area contributed by atoms with E-state index in [1.165, 1.54) is 23.5 Å². The molecule has 26 heavy (non-hydrogen) atoms. The number of methoxy groups -OCH3 is 1. The van der Waals surface area contributed by atoms with Crippen LogP contribution >= 0.6 is 11.3 Å². The lowest BCUT2D eigenvalue weighted by molar-refractivity contribution is 0.103. The Bertz CT molecular complexity index is 923. The summed E-state index contributed by atoms with van der Waals surface area (Å²) >= 11 is 1.33. The Morgan fingerprint density at radius 1 is 1.15 bits per heavy atom. The summed E-state index contributed by atoms with van der Waals surface area (Å²) in [7, 11) is 1.59. The van der Waals surface area contributed by atoms with Gasteiger partial charge in [-0.3, -0.25) is 4.79 Å². The first-order chi connectivity index (χ1) is 12.6. The van der Waals surface area contributed by atoms with Crippen LogP contribution in [0.15, 0.2) is 53.9 Å². The summed E-state index contributed by atoms with van der Waals surface area (Å²) in [5.41, 5.74) is 2.16. The molecule has 6 heteroatoms. The summed E-state index contributed by atoms with van der Waals surface area (Å²) in [5.74, 6) is 0.752. The fourth-order valence-electron chi connectivity index (χ4n) is 2.42. The molecule has 0 unspecified atom stereocenters. The second kappa shape index (κ2) is 8.01. The molecule has 2 aromatic carbocycles. The number of amides is 1. The number of hydrogen-bond donors (Lipinski definition) is 1. The molecule has 1 aromatic heterocycles. The molecular formula is C20H18FNO3S. The highest BCUT2D eigenvalue weighted by molar-refractivity contribution is 7.12.